The molecule has 15 heavy (non-hydrogen) atoms. The number of hydrogen-bond acceptors (Lipinski definition) is 3. The second-order valence-corrected chi connectivity index (χ2v) is 4.40. The SMILES string of the molecule is CC(C)(N)COc1ccc2[nH]ncc2c1. The maximum atomic E-state index is 5.83. The first-order chi connectivity index (χ1) is 7.04. The smallest absolute Gasteiger partial charge is 0.120 e. The minimum atomic E-state index is -0.314. The third-order valence-corrected chi connectivity index (χ3v) is 2.02. The molecule has 0 aliphatic carbocycles. The van der Waals surface area contributed by atoms with Gasteiger partial charge in [0.1, 0.15) is 12.4 Å². The molecule has 0 atom stereocenters. The highest BCUT2D eigenvalue weighted by molar-refractivity contribution is 5.79. The van der Waals surface area contributed by atoms with Crippen molar-refractivity contribution in [3.05, 3.63) is 24.4 Å². The Morgan fingerprint density at radius 1 is 1.47 bits per heavy atom. The number of H-pyrrole nitrogens is 1. The standard InChI is InChI=1S/C11H15N3O/c1-11(2,12)7-15-9-3-4-10-8(5-9)6-13-14-10/h3-6H,7,12H2,1-2H3,(H,13,14). The number of rotatable bonds is 3. The van der Waals surface area contributed by atoms with E-state index in [1.54, 1.807) is 6.20 Å². The van der Waals surface area contributed by atoms with Crippen molar-refractivity contribution >= 4 is 10.9 Å². The van der Waals surface area contributed by atoms with Crippen LogP contribution in [0.25, 0.3) is 10.9 Å². The second-order valence-electron chi connectivity index (χ2n) is 4.40. The fraction of sp³-hybridized carbons (Fsp3) is 0.364. The molecule has 4 nitrogen and oxygen atoms in total. The number of nitrogens with two attached hydrogens (primary N) is 1. The number of nitrogens with one attached hydrogen (secondary N) is 1. The molecule has 2 rings (SSSR count). The quantitative estimate of drug-likeness (QED) is 0.801. The molecule has 0 saturated heterocycles. The summed E-state index contributed by atoms with van der Waals surface area (Å²) in [5.74, 6) is 0.822. The van der Waals surface area contributed by atoms with Gasteiger partial charge in [-0.3, -0.25) is 5.10 Å². The van der Waals surface area contributed by atoms with Crippen molar-refractivity contribution in [3.8, 4) is 5.75 Å². The Morgan fingerprint density at radius 3 is 3.00 bits per heavy atom. The van der Waals surface area contributed by atoms with Gasteiger partial charge in [0.25, 0.3) is 0 Å². The first kappa shape index (κ1) is 9.98. The number of benzene rings is 1. The van der Waals surface area contributed by atoms with E-state index in [1.807, 2.05) is 32.0 Å². The topological polar surface area (TPSA) is 63.9 Å². The molecular formula is C11H15N3O. The van der Waals surface area contributed by atoms with Crippen molar-refractivity contribution in [1.82, 2.24) is 10.2 Å². The lowest BCUT2D eigenvalue weighted by molar-refractivity contribution is 0.243. The van der Waals surface area contributed by atoms with E-state index in [4.69, 9.17) is 10.5 Å². The van der Waals surface area contributed by atoms with Crippen LogP contribution in [0.2, 0.25) is 0 Å². The molecule has 0 bridgehead atoms. The molecule has 0 unspecified atom stereocenters. The van der Waals surface area contributed by atoms with Crippen LogP contribution in [0, 0.1) is 0 Å². The molecule has 0 saturated carbocycles. The summed E-state index contributed by atoms with van der Waals surface area (Å²) in [5.41, 5.74) is 6.53. The van der Waals surface area contributed by atoms with Crippen molar-refractivity contribution in [3.63, 3.8) is 0 Å². The maximum Gasteiger partial charge on any atom is 0.120 e. The van der Waals surface area contributed by atoms with Crippen LogP contribution in [0.1, 0.15) is 13.8 Å². The average molecular weight is 205 g/mol. The summed E-state index contributed by atoms with van der Waals surface area (Å²) in [5, 5.41) is 7.88. The van der Waals surface area contributed by atoms with Gasteiger partial charge in [-0.05, 0) is 32.0 Å². The summed E-state index contributed by atoms with van der Waals surface area (Å²) >= 11 is 0. The number of fused-ring (bicyclic) bond motifs is 1. The summed E-state index contributed by atoms with van der Waals surface area (Å²) in [7, 11) is 0. The molecular weight excluding hydrogens is 190 g/mol. The highest BCUT2D eigenvalue weighted by atomic mass is 16.5. The molecule has 2 aromatic rings. The van der Waals surface area contributed by atoms with Gasteiger partial charge in [-0.2, -0.15) is 5.10 Å². The Hall–Kier alpha value is -1.55. The molecule has 4 heteroatoms. The van der Waals surface area contributed by atoms with Crippen LogP contribution in [0.5, 0.6) is 5.75 Å². The van der Waals surface area contributed by atoms with Crippen molar-refractivity contribution in [2.45, 2.75) is 19.4 Å². The van der Waals surface area contributed by atoms with Crippen LogP contribution >= 0.6 is 0 Å². The maximum absolute atomic E-state index is 5.83. The molecule has 3 N–H and O–H groups in total. The Kier molecular flexibility index (Phi) is 2.36. The van der Waals surface area contributed by atoms with E-state index >= 15 is 0 Å². The molecule has 1 aromatic carbocycles. The largest absolute Gasteiger partial charge is 0.492 e. The lowest BCUT2D eigenvalue weighted by Crippen LogP contribution is -2.38. The van der Waals surface area contributed by atoms with Crippen molar-refractivity contribution in [1.29, 1.82) is 0 Å². The predicted molar refractivity (Wildman–Crippen MR) is 59.9 cm³/mol. The fourth-order valence-electron chi connectivity index (χ4n) is 1.28. The monoisotopic (exact) mass is 205 g/mol. The zero-order chi connectivity index (χ0) is 10.9. The number of ether oxygens (including phenoxy) is 1. The van der Waals surface area contributed by atoms with Crippen LogP contribution < -0.4 is 10.5 Å². The highest BCUT2D eigenvalue weighted by Crippen LogP contribution is 2.19. The predicted octanol–water partition coefficient (Wildman–Crippen LogP) is 1.68. The Bertz CT molecular complexity index is 456. The van der Waals surface area contributed by atoms with Gasteiger partial charge >= 0.3 is 0 Å². The van der Waals surface area contributed by atoms with Crippen LogP contribution in [0.3, 0.4) is 0 Å². The minimum absolute atomic E-state index is 0.314. The number of hydrogen-bond donors (Lipinski definition) is 2. The van der Waals surface area contributed by atoms with Crippen LogP contribution in [-0.2, 0) is 0 Å². The molecule has 1 aromatic heterocycles. The zero-order valence-electron chi connectivity index (χ0n) is 8.95. The van der Waals surface area contributed by atoms with E-state index in [0.717, 1.165) is 16.7 Å². The minimum Gasteiger partial charge on any atom is -0.492 e. The third-order valence-electron chi connectivity index (χ3n) is 2.02. The highest BCUT2D eigenvalue weighted by Gasteiger charge is 2.11. The van der Waals surface area contributed by atoms with E-state index in [1.165, 1.54) is 0 Å². The molecule has 0 aliphatic heterocycles. The number of aromatic amines is 1. The van der Waals surface area contributed by atoms with Crippen LogP contribution in [0.15, 0.2) is 24.4 Å². The lowest BCUT2D eigenvalue weighted by atomic mass is 10.1. The van der Waals surface area contributed by atoms with E-state index in [9.17, 15) is 0 Å². The zero-order valence-corrected chi connectivity index (χ0v) is 8.95. The first-order valence-corrected chi connectivity index (χ1v) is 4.89. The third kappa shape index (κ3) is 2.47. The van der Waals surface area contributed by atoms with Crippen molar-refractivity contribution in [2.24, 2.45) is 5.73 Å². The van der Waals surface area contributed by atoms with E-state index in [0.29, 0.717) is 6.61 Å². The summed E-state index contributed by atoms with van der Waals surface area (Å²) in [6, 6.07) is 5.80. The van der Waals surface area contributed by atoms with Gasteiger partial charge < -0.3 is 10.5 Å². The molecule has 0 spiro atoms. The van der Waals surface area contributed by atoms with Gasteiger partial charge in [-0.25, -0.2) is 0 Å². The van der Waals surface area contributed by atoms with Gasteiger partial charge in [0, 0.05) is 10.9 Å². The second kappa shape index (κ2) is 3.55. The molecule has 1 heterocycles. The Morgan fingerprint density at radius 2 is 2.27 bits per heavy atom. The van der Waals surface area contributed by atoms with Gasteiger partial charge in [0.2, 0.25) is 0 Å². The molecule has 0 aliphatic rings. The van der Waals surface area contributed by atoms with Gasteiger partial charge in [-0.15, -0.1) is 0 Å². The number of aromatic nitrogens is 2. The summed E-state index contributed by atoms with van der Waals surface area (Å²) in [6.45, 7) is 4.36. The van der Waals surface area contributed by atoms with Crippen LogP contribution in [-0.4, -0.2) is 22.3 Å². The van der Waals surface area contributed by atoms with Gasteiger partial charge in [0.15, 0.2) is 0 Å². The summed E-state index contributed by atoms with van der Waals surface area (Å²) in [4.78, 5) is 0. The average Bonchev–Trinajstić information content (AvgIpc) is 2.60. The van der Waals surface area contributed by atoms with E-state index < -0.39 is 0 Å². The van der Waals surface area contributed by atoms with E-state index in [-0.39, 0.29) is 5.54 Å². The normalized spacial score (nSPS) is 11.9. The molecule has 0 amide bonds. The van der Waals surface area contributed by atoms with Crippen LogP contribution in [0.4, 0.5) is 0 Å². The Labute approximate surface area is 88.4 Å². The Balaban J connectivity index is 2.15. The molecule has 80 valence electrons. The van der Waals surface area contributed by atoms with E-state index in [2.05, 4.69) is 10.2 Å². The number of nitrogens with zero attached hydrogens (tertiary/aromatic N) is 1. The van der Waals surface area contributed by atoms with Crippen molar-refractivity contribution in [2.75, 3.05) is 6.61 Å². The summed E-state index contributed by atoms with van der Waals surface area (Å²) < 4.78 is 5.58. The molecule has 0 radical (unpaired) electrons. The first-order valence-electron chi connectivity index (χ1n) is 4.89. The lowest BCUT2D eigenvalue weighted by Gasteiger charge is -2.18. The van der Waals surface area contributed by atoms with Gasteiger partial charge in [-0.1, -0.05) is 0 Å². The summed E-state index contributed by atoms with van der Waals surface area (Å²) in [6.07, 6.45) is 1.77. The molecule has 0 fully saturated rings. The fourth-order valence-corrected chi connectivity index (χ4v) is 1.28. The van der Waals surface area contributed by atoms with Crippen molar-refractivity contribution < 1.29 is 4.74 Å². The van der Waals surface area contributed by atoms with Gasteiger partial charge in [0.05, 0.1) is 11.7 Å².